The number of halogens is 2. The van der Waals surface area contributed by atoms with Crippen molar-refractivity contribution in [1.29, 1.82) is 0 Å². The summed E-state index contributed by atoms with van der Waals surface area (Å²) < 4.78 is 8.42. The van der Waals surface area contributed by atoms with E-state index in [1.165, 1.54) is 11.3 Å². The number of nitrogens with zero attached hydrogens (tertiary/aromatic N) is 2. The third-order valence-electron chi connectivity index (χ3n) is 2.70. The van der Waals surface area contributed by atoms with Crippen molar-refractivity contribution in [3.8, 4) is 5.75 Å². The molecule has 1 atom stereocenters. The molecule has 0 amide bonds. The van der Waals surface area contributed by atoms with Crippen molar-refractivity contribution in [1.82, 2.24) is 9.78 Å². The summed E-state index contributed by atoms with van der Waals surface area (Å²) in [5.74, 6) is 0.571. The predicted octanol–water partition coefficient (Wildman–Crippen LogP) is 4.03. The van der Waals surface area contributed by atoms with Gasteiger partial charge in [0.2, 0.25) is 0 Å². The molecule has 0 spiro atoms. The van der Waals surface area contributed by atoms with Gasteiger partial charge in [0.1, 0.15) is 16.1 Å². The number of aliphatic hydroxyl groups is 1. The summed E-state index contributed by atoms with van der Waals surface area (Å²) in [6.07, 6.45) is 0.802. The van der Waals surface area contributed by atoms with Crippen molar-refractivity contribution < 1.29 is 9.84 Å². The van der Waals surface area contributed by atoms with Crippen LogP contribution in [0.3, 0.4) is 0 Å². The predicted molar refractivity (Wildman–Crippen MR) is 80.3 cm³/mol. The number of ether oxygens (including phenoxy) is 1. The molecule has 1 N–H and O–H groups in total. The Labute approximate surface area is 129 Å². The number of hydrogen-bond donors (Lipinski definition) is 1. The van der Waals surface area contributed by atoms with Gasteiger partial charge in [-0.25, -0.2) is 0 Å². The van der Waals surface area contributed by atoms with Crippen molar-refractivity contribution in [2.75, 3.05) is 7.11 Å². The minimum absolute atomic E-state index is 0.132. The summed E-state index contributed by atoms with van der Waals surface area (Å²) in [4.78, 5) is 0.748. The van der Waals surface area contributed by atoms with Gasteiger partial charge in [-0.3, -0.25) is 4.68 Å². The van der Waals surface area contributed by atoms with E-state index >= 15 is 0 Å². The summed E-state index contributed by atoms with van der Waals surface area (Å²) in [6.45, 7) is 4.00. The van der Waals surface area contributed by atoms with Gasteiger partial charge < -0.3 is 9.84 Å². The lowest BCUT2D eigenvalue weighted by Gasteiger charge is -2.16. The number of thiophene rings is 1. The highest BCUT2D eigenvalue weighted by Gasteiger charge is 2.25. The molecule has 0 aliphatic carbocycles. The second kappa shape index (κ2) is 5.83. The van der Waals surface area contributed by atoms with Crippen LogP contribution in [0.5, 0.6) is 5.75 Å². The summed E-state index contributed by atoms with van der Waals surface area (Å²) >= 11 is 10.7. The van der Waals surface area contributed by atoms with Gasteiger partial charge in [-0.05, 0) is 35.8 Å². The van der Waals surface area contributed by atoms with E-state index < -0.39 is 6.10 Å². The third-order valence-corrected chi connectivity index (χ3v) is 5.23. The Morgan fingerprint density at radius 3 is 2.68 bits per heavy atom. The van der Waals surface area contributed by atoms with Crippen LogP contribution in [0, 0.1) is 0 Å². The molecule has 2 heterocycles. The lowest BCUT2D eigenvalue weighted by atomic mass is 10.2. The first-order valence-corrected chi connectivity index (χ1v) is 7.68. The normalized spacial score (nSPS) is 13.0. The van der Waals surface area contributed by atoms with Crippen LogP contribution in [0.25, 0.3) is 0 Å². The minimum atomic E-state index is -0.811. The molecule has 104 valence electrons. The van der Waals surface area contributed by atoms with E-state index in [2.05, 4.69) is 21.0 Å². The smallest absolute Gasteiger partial charge is 0.163 e. The maximum atomic E-state index is 10.6. The van der Waals surface area contributed by atoms with Crippen molar-refractivity contribution in [3.63, 3.8) is 0 Å². The molecule has 0 saturated heterocycles. The summed E-state index contributed by atoms with van der Waals surface area (Å²) in [5, 5.41) is 14.8. The monoisotopic (exact) mass is 364 g/mol. The standard InChI is InChI=1S/C12H14BrClN2O2S/c1-6(2)16-10(8(18-3)5-15-16)11(17)9-4-7(13)12(14)19-9/h4-6,11,17H,1-3H3. The van der Waals surface area contributed by atoms with Crippen LogP contribution in [0.2, 0.25) is 4.34 Å². The largest absolute Gasteiger partial charge is 0.493 e. The first-order valence-electron chi connectivity index (χ1n) is 5.69. The summed E-state index contributed by atoms with van der Waals surface area (Å²) in [5.41, 5.74) is 0.642. The van der Waals surface area contributed by atoms with Crippen molar-refractivity contribution in [3.05, 3.63) is 31.6 Å². The Morgan fingerprint density at radius 1 is 1.53 bits per heavy atom. The maximum absolute atomic E-state index is 10.6. The molecule has 0 aliphatic heterocycles. The van der Waals surface area contributed by atoms with Gasteiger partial charge in [-0.1, -0.05) is 11.6 Å². The summed E-state index contributed by atoms with van der Waals surface area (Å²) in [7, 11) is 1.56. The van der Waals surface area contributed by atoms with Crippen LogP contribution in [-0.2, 0) is 0 Å². The molecule has 0 saturated carbocycles. The molecule has 0 aromatic carbocycles. The molecule has 0 bridgehead atoms. The molecule has 0 fully saturated rings. The summed E-state index contributed by atoms with van der Waals surface area (Å²) in [6, 6.07) is 1.95. The molecule has 2 rings (SSSR count). The Bertz CT molecular complexity index is 563. The highest BCUT2D eigenvalue weighted by molar-refractivity contribution is 9.10. The van der Waals surface area contributed by atoms with Crippen LogP contribution in [0.4, 0.5) is 0 Å². The van der Waals surface area contributed by atoms with Crippen LogP contribution >= 0.6 is 38.9 Å². The van der Waals surface area contributed by atoms with Crippen molar-refractivity contribution in [2.45, 2.75) is 26.0 Å². The molecule has 1 unspecified atom stereocenters. The quantitative estimate of drug-likeness (QED) is 0.890. The second-order valence-corrected chi connectivity index (χ2v) is 6.85. The molecule has 4 nitrogen and oxygen atoms in total. The molecule has 0 radical (unpaired) electrons. The van der Waals surface area contributed by atoms with Crippen molar-refractivity contribution in [2.24, 2.45) is 0 Å². The van der Waals surface area contributed by atoms with Gasteiger partial charge in [-0.2, -0.15) is 5.10 Å². The van der Waals surface area contributed by atoms with Crippen LogP contribution < -0.4 is 4.74 Å². The molecular formula is C12H14BrClN2O2S. The van der Waals surface area contributed by atoms with Crippen LogP contribution in [-0.4, -0.2) is 22.0 Å². The Morgan fingerprint density at radius 2 is 2.21 bits per heavy atom. The maximum Gasteiger partial charge on any atom is 0.163 e. The van der Waals surface area contributed by atoms with E-state index in [1.54, 1.807) is 18.0 Å². The van der Waals surface area contributed by atoms with Gasteiger partial charge in [0.25, 0.3) is 0 Å². The Balaban J connectivity index is 2.47. The van der Waals surface area contributed by atoms with E-state index in [1.807, 2.05) is 19.9 Å². The van der Waals surface area contributed by atoms with E-state index in [0.717, 1.165) is 9.35 Å². The van der Waals surface area contributed by atoms with E-state index in [0.29, 0.717) is 15.8 Å². The zero-order valence-electron chi connectivity index (χ0n) is 10.7. The first-order chi connectivity index (χ1) is 8.95. The molecule has 2 aromatic rings. The Hall–Kier alpha value is -0.560. The fraction of sp³-hybridized carbons (Fsp3) is 0.417. The zero-order valence-corrected chi connectivity index (χ0v) is 13.9. The minimum Gasteiger partial charge on any atom is -0.493 e. The Kier molecular flexibility index (Phi) is 4.55. The van der Waals surface area contributed by atoms with E-state index in [4.69, 9.17) is 16.3 Å². The van der Waals surface area contributed by atoms with Gasteiger partial charge >= 0.3 is 0 Å². The molecule has 7 heteroatoms. The van der Waals surface area contributed by atoms with Gasteiger partial charge in [0.15, 0.2) is 5.75 Å². The van der Waals surface area contributed by atoms with Crippen molar-refractivity contribution >= 4 is 38.9 Å². The average molecular weight is 366 g/mol. The third kappa shape index (κ3) is 2.81. The highest BCUT2D eigenvalue weighted by Crippen LogP contribution is 2.39. The number of methoxy groups -OCH3 is 1. The fourth-order valence-corrected chi connectivity index (χ4v) is 3.54. The topological polar surface area (TPSA) is 47.3 Å². The zero-order chi connectivity index (χ0) is 14.2. The lowest BCUT2D eigenvalue weighted by molar-refractivity contribution is 0.203. The van der Waals surface area contributed by atoms with Gasteiger partial charge in [0.05, 0.1) is 13.3 Å². The molecule has 19 heavy (non-hydrogen) atoms. The van der Waals surface area contributed by atoms with E-state index in [9.17, 15) is 5.11 Å². The lowest BCUT2D eigenvalue weighted by Crippen LogP contribution is -2.12. The molecule has 2 aromatic heterocycles. The number of hydrogen-bond acceptors (Lipinski definition) is 4. The van der Waals surface area contributed by atoms with Crippen LogP contribution in [0.15, 0.2) is 16.7 Å². The average Bonchev–Trinajstić information content (AvgIpc) is 2.93. The number of aromatic nitrogens is 2. The van der Waals surface area contributed by atoms with Gasteiger partial charge in [-0.15, -0.1) is 11.3 Å². The number of rotatable bonds is 4. The first kappa shape index (κ1) is 14.8. The second-order valence-electron chi connectivity index (χ2n) is 4.31. The highest BCUT2D eigenvalue weighted by atomic mass is 79.9. The molecular weight excluding hydrogens is 352 g/mol. The number of aliphatic hydroxyl groups excluding tert-OH is 1. The van der Waals surface area contributed by atoms with Crippen LogP contribution in [0.1, 0.15) is 36.6 Å². The van der Waals surface area contributed by atoms with Gasteiger partial charge in [0, 0.05) is 15.4 Å². The fourth-order valence-electron chi connectivity index (χ4n) is 1.82. The molecule has 0 aliphatic rings. The van der Waals surface area contributed by atoms with E-state index in [-0.39, 0.29) is 6.04 Å². The SMILES string of the molecule is COc1cnn(C(C)C)c1C(O)c1cc(Br)c(Cl)s1.